The number of aromatic hydroxyl groups is 1. The van der Waals surface area contributed by atoms with Crippen LogP contribution in [0.25, 0.3) is 0 Å². The van der Waals surface area contributed by atoms with E-state index in [0.29, 0.717) is 28.8 Å². The topological polar surface area (TPSA) is 59.5 Å². The SMILES string of the molecule is CCn1c(O)c(C=Nc2cc(Cl)ccc2Cl)c(=O)n(CC)c1=S. The van der Waals surface area contributed by atoms with Gasteiger partial charge in [-0.05, 0) is 44.3 Å². The molecule has 0 amide bonds. The van der Waals surface area contributed by atoms with Crippen LogP contribution < -0.4 is 5.56 Å². The predicted octanol–water partition coefficient (Wildman–Crippen LogP) is 4.18. The van der Waals surface area contributed by atoms with Crippen LogP contribution in [0.3, 0.4) is 0 Å². The van der Waals surface area contributed by atoms with Gasteiger partial charge < -0.3 is 5.11 Å². The largest absolute Gasteiger partial charge is 0.494 e. The summed E-state index contributed by atoms with van der Waals surface area (Å²) in [6.07, 6.45) is 1.28. The lowest BCUT2D eigenvalue weighted by molar-refractivity contribution is 0.399. The number of aliphatic imine (C=N–C) groups is 1. The number of aromatic nitrogens is 2. The number of hydrogen-bond donors (Lipinski definition) is 1. The number of rotatable bonds is 4. The Morgan fingerprint density at radius 1 is 1.26 bits per heavy atom. The van der Waals surface area contributed by atoms with Crippen molar-refractivity contribution in [3.63, 3.8) is 0 Å². The lowest BCUT2D eigenvalue weighted by Crippen LogP contribution is -2.27. The van der Waals surface area contributed by atoms with Gasteiger partial charge in [-0.3, -0.25) is 18.9 Å². The van der Waals surface area contributed by atoms with E-state index in [1.54, 1.807) is 18.2 Å². The number of halogens is 2. The zero-order valence-electron chi connectivity index (χ0n) is 12.6. The molecule has 2 rings (SSSR count). The van der Waals surface area contributed by atoms with Gasteiger partial charge in [-0.15, -0.1) is 0 Å². The van der Waals surface area contributed by atoms with Crippen molar-refractivity contribution >= 4 is 47.3 Å². The Bertz CT molecular complexity index is 888. The lowest BCUT2D eigenvalue weighted by Gasteiger charge is -2.13. The van der Waals surface area contributed by atoms with Gasteiger partial charge in [0.25, 0.3) is 5.56 Å². The van der Waals surface area contributed by atoms with Crippen LogP contribution in [0.15, 0.2) is 28.0 Å². The molecule has 0 spiro atoms. The fraction of sp³-hybridized carbons (Fsp3) is 0.267. The van der Waals surface area contributed by atoms with Gasteiger partial charge in [0, 0.05) is 24.3 Å². The smallest absolute Gasteiger partial charge is 0.267 e. The minimum Gasteiger partial charge on any atom is -0.494 e. The molecule has 0 aliphatic rings. The van der Waals surface area contributed by atoms with Crippen molar-refractivity contribution in [2.24, 2.45) is 4.99 Å². The van der Waals surface area contributed by atoms with Crippen LogP contribution in [0.1, 0.15) is 19.4 Å². The molecule has 0 saturated heterocycles. The molecule has 8 heteroatoms. The fourth-order valence-electron chi connectivity index (χ4n) is 2.11. The summed E-state index contributed by atoms with van der Waals surface area (Å²) in [4.78, 5) is 16.6. The molecule has 5 nitrogen and oxygen atoms in total. The standard InChI is InChI=1S/C15H15Cl2N3O2S/c1-3-19-13(21)10(14(22)20(4-2)15(19)23)8-18-12-7-9(16)5-6-11(12)17/h5-8,21H,3-4H2,1-2H3. The van der Waals surface area contributed by atoms with Crippen LogP contribution in [0, 0.1) is 4.77 Å². The Morgan fingerprint density at radius 3 is 2.52 bits per heavy atom. The normalized spacial score (nSPS) is 11.3. The molecule has 0 unspecified atom stereocenters. The highest BCUT2D eigenvalue weighted by atomic mass is 35.5. The van der Waals surface area contributed by atoms with Crippen molar-refractivity contribution in [2.45, 2.75) is 26.9 Å². The van der Waals surface area contributed by atoms with Gasteiger partial charge in [-0.2, -0.15) is 0 Å². The second kappa shape index (κ2) is 7.29. The van der Waals surface area contributed by atoms with Crippen LogP contribution >= 0.6 is 35.4 Å². The van der Waals surface area contributed by atoms with E-state index in [1.807, 2.05) is 13.8 Å². The van der Waals surface area contributed by atoms with Gasteiger partial charge in [-0.25, -0.2) is 0 Å². The van der Waals surface area contributed by atoms with Crippen molar-refractivity contribution in [3.05, 3.63) is 48.9 Å². The van der Waals surface area contributed by atoms with E-state index in [2.05, 4.69) is 4.99 Å². The van der Waals surface area contributed by atoms with Crippen LogP contribution in [0.5, 0.6) is 5.88 Å². The molecule has 1 N–H and O–H groups in total. The monoisotopic (exact) mass is 371 g/mol. The van der Waals surface area contributed by atoms with E-state index >= 15 is 0 Å². The van der Waals surface area contributed by atoms with E-state index in [-0.39, 0.29) is 16.2 Å². The maximum Gasteiger partial charge on any atom is 0.267 e. The average Bonchev–Trinajstić information content (AvgIpc) is 2.51. The van der Waals surface area contributed by atoms with Crippen LogP contribution in [-0.2, 0) is 13.1 Å². The van der Waals surface area contributed by atoms with Crippen LogP contribution in [-0.4, -0.2) is 20.5 Å². The molecule has 0 aliphatic carbocycles. The van der Waals surface area contributed by atoms with Crippen molar-refractivity contribution in [1.29, 1.82) is 0 Å². The first-order valence-electron chi connectivity index (χ1n) is 6.96. The summed E-state index contributed by atoms with van der Waals surface area (Å²) >= 11 is 17.2. The third-order valence-corrected chi connectivity index (χ3v) is 4.30. The second-order valence-electron chi connectivity index (χ2n) is 4.67. The van der Waals surface area contributed by atoms with E-state index in [4.69, 9.17) is 35.4 Å². The molecule has 122 valence electrons. The molecule has 0 atom stereocenters. The number of nitrogens with zero attached hydrogens (tertiary/aromatic N) is 3. The summed E-state index contributed by atoms with van der Waals surface area (Å²) < 4.78 is 3.15. The zero-order valence-corrected chi connectivity index (χ0v) is 14.9. The predicted molar refractivity (Wildman–Crippen MR) is 96.3 cm³/mol. The minimum absolute atomic E-state index is 0.0540. The van der Waals surface area contributed by atoms with E-state index in [1.165, 1.54) is 15.3 Å². The van der Waals surface area contributed by atoms with Gasteiger partial charge in [0.2, 0.25) is 5.88 Å². The summed E-state index contributed by atoms with van der Waals surface area (Å²) in [7, 11) is 0. The highest BCUT2D eigenvalue weighted by molar-refractivity contribution is 7.71. The maximum absolute atomic E-state index is 12.5. The van der Waals surface area contributed by atoms with E-state index < -0.39 is 5.56 Å². The molecule has 2 aromatic rings. The first-order chi connectivity index (χ1) is 10.9. The molecule has 23 heavy (non-hydrogen) atoms. The van der Waals surface area contributed by atoms with Gasteiger partial charge in [0.05, 0.1) is 10.7 Å². The van der Waals surface area contributed by atoms with Crippen LogP contribution in [0.4, 0.5) is 5.69 Å². The highest BCUT2D eigenvalue weighted by Gasteiger charge is 2.14. The summed E-state index contributed by atoms with van der Waals surface area (Å²) in [5.74, 6) is -0.214. The fourth-order valence-corrected chi connectivity index (χ4v) is 2.87. The first-order valence-corrected chi connectivity index (χ1v) is 8.12. The van der Waals surface area contributed by atoms with E-state index in [0.717, 1.165) is 0 Å². The molecule has 1 heterocycles. The Labute approximate surface area is 148 Å². The van der Waals surface area contributed by atoms with Gasteiger partial charge in [0.1, 0.15) is 5.56 Å². The van der Waals surface area contributed by atoms with Gasteiger partial charge in [0.15, 0.2) is 4.77 Å². The molecular weight excluding hydrogens is 357 g/mol. The average molecular weight is 372 g/mol. The Hall–Kier alpha value is -1.63. The number of benzene rings is 1. The molecule has 0 radical (unpaired) electrons. The molecule has 0 fully saturated rings. The van der Waals surface area contributed by atoms with Crippen molar-refractivity contribution < 1.29 is 5.11 Å². The Morgan fingerprint density at radius 2 is 1.91 bits per heavy atom. The van der Waals surface area contributed by atoms with Crippen molar-refractivity contribution in [3.8, 4) is 5.88 Å². The summed E-state index contributed by atoms with van der Waals surface area (Å²) in [5, 5.41) is 11.2. The maximum atomic E-state index is 12.5. The van der Waals surface area contributed by atoms with Crippen molar-refractivity contribution in [1.82, 2.24) is 9.13 Å². The van der Waals surface area contributed by atoms with Crippen molar-refractivity contribution in [2.75, 3.05) is 0 Å². The zero-order chi connectivity index (χ0) is 17.1. The Kier molecular flexibility index (Phi) is 5.62. The summed E-state index contributed by atoms with van der Waals surface area (Å²) in [5.41, 5.74) is 0.0615. The minimum atomic E-state index is -0.401. The molecule has 1 aromatic carbocycles. The quantitative estimate of drug-likeness (QED) is 0.647. The lowest BCUT2D eigenvalue weighted by atomic mass is 10.3. The molecule has 0 bridgehead atoms. The number of hydrogen-bond acceptors (Lipinski definition) is 4. The highest BCUT2D eigenvalue weighted by Crippen LogP contribution is 2.28. The van der Waals surface area contributed by atoms with Gasteiger partial charge >= 0.3 is 0 Å². The molecule has 0 saturated carbocycles. The van der Waals surface area contributed by atoms with Crippen LogP contribution in [0.2, 0.25) is 10.0 Å². The molecule has 1 aromatic heterocycles. The molecule has 0 aliphatic heterocycles. The second-order valence-corrected chi connectivity index (χ2v) is 5.88. The summed E-state index contributed by atoms with van der Waals surface area (Å²) in [6.45, 7) is 4.47. The summed E-state index contributed by atoms with van der Waals surface area (Å²) in [6, 6.07) is 4.83. The Balaban J connectivity index is 2.64. The third-order valence-electron chi connectivity index (χ3n) is 3.31. The third kappa shape index (κ3) is 3.49. The molecular formula is C15H15Cl2N3O2S. The van der Waals surface area contributed by atoms with E-state index in [9.17, 15) is 9.90 Å². The first kappa shape index (κ1) is 17.7. The van der Waals surface area contributed by atoms with Gasteiger partial charge in [-0.1, -0.05) is 23.2 Å².